The second-order valence-electron chi connectivity index (χ2n) is 4.34. The summed E-state index contributed by atoms with van der Waals surface area (Å²) in [6, 6.07) is 11.5. The number of rotatable bonds is 1. The highest BCUT2D eigenvalue weighted by Crippen LogP contribution is 2.23. The van der Waals surface area contributed by atoms with Crippen molar-refractivity contribution in [1.29, 1.82) is 10.5 Å². The minimum absolute atomic E-state index is 0.553. The smallest absolute Gasteiger partial charge is 0.151 e. The van der Waals surface area contributed by atoms with E-state index in [-0.39, 0.29) is 0 Å². The third-order valence-corrected chi connectivity index (χ3v) is 3.20. The quantitative estimate of drug-likeness (QED) is 0.614. The van der Waals surface area contributed by atoms with E-state index in [1.54, 1.807) is 37.3 Å². The molecule has 5 nitrogen and oxygen atoms in total. The van der Waals surface area contributed by atoms with Gasteiger partial charge in [-0.2, -0.15) is 10.5 Å². The van der Waals surface area contributed by atoms with Gasteiger partial charge >= 0.3 is 0 Å². The molecule has 0 aliphatic heterocycles. The number of fused-ring (bicyclic) bond motifs is 1. The molecule has 0 atom stereocenters. The van der Waals surface area contributed by atoms with Crippen LogP contribution in [-0.4, -0.2) is 6.29 Å². The zero-order valence-electron chi connectivity index (χ0n) is 13.0. The van der Waals surface area contributed by atoms with Gasteiger partial charge in [0.25, 0.3) is 0 Å². The first-order valence-electron chi connectivity index (χ1n) is 6.51. The molecule has 0 saturated heterocycles. The minimum atomic E-state index is 0.553. The number of nitrogens with two attached hydrogens (primary N) is 2. The molecule has 0 unspecified atom stereocenters. The van der Waals surface area contributed by atoms with Crippen LogP contribution in [0, 0.1) is 22.7 Å². The molecule has 0 aliphatic carbocycles. The van der Waals surface area contributed by atoms with Crippen LogP contribution in [0.1, 0.15) is 24.2 Å². The molecule has 0 saturated carbocycles. The summed E-state index contributed by atoms with van der Waals surface area (Å²) in [6.45, 7) is 3.34. The average molecular weight is 326 g/mol. The van der Waals surface area contributed by atoms with E-state index in [2.05, 4.69) is 0 Å². The summed E-state index contributed by atoms with van der Waals surface area (Å²) >= 11 is 1.61. The van der Waals surface area contributed by atoms with Crippen LogP contribution < -0.4 is 11.5 Å². The van der Waals surface area contributed by atoms with E-state index < -0.39 is 0 Å². The van der Waals surface area contributed by atoms with E-state index in [4.69, 9.17) is 22.0 Å². The van der Waals surface area contributed by atoms with Crippen LogP contribution in [-0.2, 0) is 0 Å². The molecule has 2 rings (SSSR count). The number of nitriles is 2. The van der Waals surface area contributed by atoms with Gasteiger partial charge in [-0.3, -0.25) is 4.79 Å². The molecule has 0 bridgehead atoms. The monoisotopic (exact) mass is 326 g/mol. The van der Waals surface area contributed by atoms with Crippen molar-refractivity contribution in [2.75, 3.05) is 0 Å². The van der Waals surface area contributed by atoms with Gasteiger partial charge in [0.15, 0.2) is 6.29 Å². The Morgan fingerprint density at radius 3 is 2.00 bits per heavy atom. The Kier molecular flexibility index (Phi) is 10.0. The second-order valence-corrected chi connectivity index (χ2v) is 5.25. The molecule has 2 aromatic rings. The lowest BCUT2D eigenvalue weighted by Crippen LogP contribution is -1.87. The molecule has 6 heteroatoms. The van der Waals surface area contributed by atoms with Gasteiger partial charge in [0.05, 0.1) is 12.1 Å². The molecule has 0 fully saturated rings. The van der Waals surface area contributed by atoms with Crippen molar-refractivity contribution in [3.63, 3.8) is 0 Å². The Morgan fingerprint density at radius 2 is 1.61 bits per heavy atom. The highest BCUT2D eigenvalue weighted by molar-refractivity contribution is 7.17. The van der Waals surface area contributed by atoms with Crippen molar-refractivity contribution in [3.8, 4) is 12.1 Å². The van der Waals surface area contributed by atoms with Gasteiger partial charge in [0, 0.05) is 44.6 Å². The first-order chi connectivity index (χ1) is 11.0. The third kappa shape index (κ3) is 8.71. The number of nitrogens with zero attached hydrogens (tertiary/aromatic N) is 2. The summed E-state index contributed by atoms with van der Waals surface area (Å²) in [5.41, 5.74) is 12.0. The van der Waals surface area contributed by atoms with E-state index in [9.17, 15) is 4.79 Å². The zero-order valence-corrected chi connectivity index (χ0v) is 13.8. The van der Waals surface area contributed by atoms with Gasteiger partial charge in [-0.1, -0.05) is 18.2 Å². The van der Waals surface area contributed by atoms with Crippen LogP contribution in [0.15, 0.2) is 53.2 Å². The van der Waals surface area contributed by atoms with E-state index in [0.717, 1.165) is 17.2 Å². The van der Waals surface area contributed by atoms with Crippen molar-refractivity contribution in [2.24, 2.45) is 11.5 Å². The molecule has 1 aromatic heterocycles. The Bertz CT molecular complexity index is 740. The van der Waals surface area contributed by atoms with Gasteiger partial charge in [-0.05, 0) is 19.9 Å². The van der Waals surface area contributed by atoms with Crippen molar-refractivity contribution >= 4 is 27.7 Å². The van der Waals surface area contributed by atoms with Crippen LogP contribution >= 0.6 is 11.3 Å². The summed E-state index contributed by atoms with van der Waals surface area (Å²) in [6.07, 6.45) is 3.48. The Labute approximate surface area is 139 Å². The number of carbonyl (C=O) groups excluding carboxylic acids is 1. The largest absolute Gasteiger partial charge is 0.402 e. The first-order valence-corrected chi connectivity index (χ1v) is 7.39. The number of allylic oxidation sites excluding steroid dienone is 4. The van der Waals surface area contributed by atoms with E-state index in [0.29, 0.717) is 11.4 Å². The Hall–Kier alpha value is -3.09. The fourth-order valence-electron chi connectivity index (χ4n) is 1.29. The Balaban J connectivity index is 0.000000349. The molecule has 0 radical (unpaired) electrons. The van der Waals surface area contributed by atoms with Crippen molar-refractivity contribution in [1.82, 2.24) is 0 Å². The molecule has 1 heterocycles. The normalized spacial score (nSPS) is 10.3. The van der Waals surface area contributed by atoms with Gasteiger partial charge in [-0.15, -0.1) is 11.3 Å². The second kappa shape index (κ2) is 11.6. The zero-order chi connectivity index (χ0) is 17.7. The first kappa shape index (κ1) is 19.9. The molecule has 118 valence electrons. The highest BCUT2D eigenvalue weighted by Gasteiger charge is 1.99. The molecule has 0 amide bonds. The topological polar surface area (TPSA) is 117 Å². The van der Waals surface area contributed by atoms with Crippen LogP contribution in [0.2, 0.25) is 0 Å². The molecule has 23 heavy (non-hydrogen) atoms. The third-order valence-electron chi connectivity index (χ3n) is 2.22. The summed E-state index contributed by atoms with van der Waals surface area (Å²) in [7, 11) is 0. The van der Waals surface area contributed by atoms with Gasteiger partial charge in [0.2, 0.25) is 0 Å². The van der Waals surface area contributed by atoms with Crippen LogP contribution in [0.4, 0.5) is 0 Å². The number of hydrogen-bond acceptors (Lipinski definition) is 6. The lowest BCUT2D eigenvalue weighted by molar-refractivity contribution is 0.112. The summed E-state index contributed by atoms with van der Waals surface area (Å²) in [4.78, 5) is 10.5. The number of hydrogen-bond donors (Lipinski definition) is 2. The van der Waals surface area contributed by atoms with Crippen LogP contribution in [0.5, 0.6) is 0 Å². The number of carbonyl (C=O) groups is 1. The number of aldehydes is 1. The minimum Gasteiger partial charge on any atom is -0.402 e. The molecular weight excluding hydrogens is 308 g/mol. The molecular formula is C17H18N4OS. The fraction of sp³-hybridized carbons (Fsp3) is 0.118. The van der Waals surface area contributed by atoms with Gasteiger partial charge in [0.1, 0.15) is 0 Å². The summed E-state index contributed by atoms with van der Waals surface area (Å²) in [5, 5.41) is 18.6. The van der Waals surface area contributed by atoms with Crippen LogP contribution in [0.3, 0.4) is 0 Å². The van der Waals surface area contributed by atoms with Crippen LogP contribution in [0.25, 0.3) is 10.1 Å². The predicted molar refractivity (Wildman–Crippen MR) is 94.3 cm³/mol. The predicted octanol–water partition coefficient (Wildman–Crippen LogP) is 3.46. The van der Waals surface area contributed by atoms with Gasteiger partial charge < -0.3 is 11.5 Å². The summed E-state index contributed by atoms with van der Waals surface area (Å²) < 4.78 is 1.18. The van der Waals surface area contributed by atoms with E-state index >= 15 is 0 Å². The maximum atomic E-state index is 10.5. The molecule has 4 N–H and O–H groups in total. The molecule has 1 aromatic carbocycles. The Morgan fingerprint density at radius 1 is 1.09 bits per heavy atom. The molecule has 0 spiro atoms. The van der Waals surface area contributed by atoms with Gasteiger partial charge in [-0.25, -0.2) is 0 Å². The lowest BCUT2D eigenvalue weighted by atomic mass is 10.2. The van der Waals surface area contributed by atoms with E-state index in [1.165, 1.54) is 16.9 Å². The SMILES string of the molecule is C/C(N)=C/C#N.C/C(N)=C/C#N.O=Cc1csc2ccccc12. The fourth-order valence-corrected chi connectivity index (χ4v) is 2.20. The average Bonchev–Trinajstić information content (AvgIpc) is 2.91. The number of benzene rings is 1. The van der Waals surface area contributed by atoms with Crippen molar-refractivity contribution < 1.29 is 4.79 Å². The molecule has 0 aliphatic rings. The maximum absolute atomic E-state index is 10.5. The van der Waals surface area contributed by atoms with E-state index in [1.807, 2.05) is 29.6 Å². The lowest BCUT2D eigenvalue weighted by Gasteiger charge is -1.86. The van der Waals surface area contributed by atoms with Crippen molar-refractivity contribution in [2.45, 2.75) is 13.8 Å². The standard InChI is InChI=1S/C9H6OS.2C4H6N2/c10-5-7-6-11-9-4-2-1-3-8(7)9;2*1-4(6)2-3-5/h1-6H;2*2H,6H2,1H3/b;2*4-2-. The maximum Gasteiger partial charge on any atom is 0.151 e. The highest BCUT2D eigenvalue weighted by atomic mass is 32.1. The number of thiophene rings is 1. The summed E-state index contributed by atoms with van der Waals surface area (Å²) in [5.74, 6) is 0. The van der Waals surface area contributed by atoms with Crippen molar-refractivity contribution in [3.05, 3.63) is 58.8 Å².